The van der Waals surface area contributed by atoms with Crippen molar-refractivity contribution in [1.82, 2.24) is 9.62 Å². The summed E-state index contributed by atoms with van der Waals surface area (Å²) in [4.78, 5) is 12.1. The summed E-state index contributed by atoms with van der Waals surface area (Å²) in [6, 6.07) is 11.5. The first-order valence-electron chi connectivity index (χ1n) is 7.98. The number of nitrogens with zero attached hydrogens (tertiary/aromatic N) is 1. The number of ether oxygens (including phenoxy) is 2. The maximum atomic E-state index is 12.8. The number of hydrogen-bond acceptors (Lipinski definition) is 5. The van der Waals surface area contributed by atoms with E-state index in [4.69, 9.17) is 21.1 Å². The Kier molecular flexibility index (Phi) is 7.06. The zero-order valence-electron chi connectivity index (χ0n) is 15.2. The third kappa shape index (κ3) is 5.12. The molecule has 0 heterocycles. The molecule has 0 spiro atoms. The Balaban J connectivity index is 2.11. The SMILES string of the molecule is COc1ccc(OC)c(S(=O)(=O)N(C)CC(=O)NCc2ccccc2Cl)c1. The zero-order valence-corrected chi connectivity index (χ0v) is 16.8. The van der Waals surface area contributed by atoms with Crippen molar-refractivity contribution in [1.29, 1.82) is 0 Å². The van der Waals surface area contributed by atoms with Gasteiger partial charge in [0.15, 0.2) is 0 Å². The first-order valence-corrected chi connectivity index (χ1v) is 9.80. The minimum atomic E-state index is -3.96. The monoisotopic (exact) mass is 412 g/mol. The quantitative estimate of drug-likeness (QED) is 0.719. The van der Waals surface area contributed by atoms with Crippen LogP contribution >= 0.6 is 11.6 Å². The summed E-state index contributed by atoms with van der Waals surface area (Å²) < 4.78 is 36.8. The Morgan fingerprint density at radius 2 is 1.85 bits per heavy atom. The summed E-state index contributed by atoms with van der Waals surface area (Å²) in [6.07, 6.45) is 0. The normalized spacial score (nSPS) is 11.3. The Hall–Kier alpha value is -2.29. The molecule has 0 fully saturated rings. The molecule has 146 valence electrons. The number of nitrogens with one attached hydrogen (secondary N) is 1. The van der Waals surface area contributed by atoms with E-state index in [1.807, 2.05) is 0 Å². The number of carbonyl (C=O) groups excluding carboxylic acids is 1. The van der Waals surface area contributed by atoms with Crippen molar-refractivity contribution in [3.8, 4) is 11.5 Å². The molecule has 0 bridgehead atoms. The maximum absolute atomic E-state index is 12.8. The molecule has 0 aromatic heterocycles. The van der Waals surface area contributed by atoms with Gasteiger partial charge in [0.05, 0.1) is 20.8 Å². The molecule has 2 aromatic rings. The van der Waals surface area contributed by atoms with E-state index >= 15 is 0 Å². The Morgan fingerprint density at radius 3 is 2.48 bits per heavy atom. The number of methoxy groups -OCH3 is 2. The van der Waals surface area contributed by atoms with Gasteiger partial charge in [0.25, 0.3) is 0 Å². The van der Waals surface area contributed by atoms with Gasteiger partial charge in [0.2, 0.25) is 15.9 Å². The molecule has 0 aliphatic rings. The highest BCUT2D eigenvalue weighted by atomic mass is 35.5. The van der Waals surface area contributed by atoms with Crippen LogP contribution in [-0.4, -0.2) is 46.4 Å². The molecular weight excluding hydrogens is 392 g/mol. The van der Waals surface area contributed by atoms with Crippen LogP contribution in [0.25, 0.3) is 0 Å². The Morgan fingerprint density at radius 1 is 1.15 bits per heavy atom. The van der Waals surface area contributed by atoms with Gasteiger partial charge in [-0.2, -0.15) is 4.31 Å². The van der Waals surface area contributed by atoms with E-state index in [9.17, 15) is 13.2 Å². The lowest BCUT2D eigenvalue weighted by Gasteiger charge is -2.19. The minimum Gasteiger partial charge on any atom is -0.497 e. The van der Waals surface area contributed by atoms with Gasteiger partial charge in [-0.15, -0.1) is 0 Å². The van der Waals surface area contributed by atoms with Crippen molar-refractivity contribution in [3.63, 3.8) is 0 Å². The number of rotatable bonds is 8. The standard InChI is InChI=1S/C18H21ClN2O5S/c1-21(12-18(22)20-11-13-6-4-5-7-15(13)19)27(23,24)17-10-14(25-2)8-9-16(17)26-3/h4-10H,11-12H2,1-3H3,(H,20,22). The van der Waals surface area contributed by atoms with Crippen LogP contribution in [0.5, 0.6) is 11.5 Å². The molecule has 2 rings (SSSR count). The van der Waals surface area contributed by atoms with Crippen LogP contribution in [0.3, 0.4) is 0 Å². The Labute approximate surface area is 163 Å². The molecule has 27 heavy (non-hydrogen) atoms. The number of benzene rings is 2. The molecule has 7 nitrogen and oxygen atoms in total. The highest BCUT2D eigenvalue weighted by Gasteiger charge is 2.27. The van der Waals surface area contributed by atoms with Gasteiger partial charge < -0.3 is 14.8 Å². The summed E-state index contributed by atoms with van der Waals surface area (Å²) >= 11 is 6.04. The van der Waals surface area contributed by atoms with Crippen molar-refractivity contribution >= 4 is 27.5 Å². The van der Waals surface area contributed by atoms with Gasteiger partial charge in [-0.25, -0.2) is 8.42 Å². The van der Waals surface area contributed by atoms with Crippen LogP contribution in [0, 0.1) is 0 Å². The fourth-order valence-electron chi connectivity index (χ4n) is 2.33. The fourth-order valence-corrected chi connectivity index (χ4v) is 3.83. The molecule has 0 saturated heterocycles. The number of halogens is 1. The first kappa shape index (κ1) is 21.0. The predicted octanol–water partition coefficient (Wildman–Crippen LogP) is 2.29. The van der Waals surface area contributed by atoms with Crippen LogP contribution in [0.1, 0.15) is 5.56 Å². The molecular formula is C18H21ClN2O5S. The van der Waals surface area contributed by atoms with E-state index in [2.05, 4.69) is 5.32 Å². The molecule has 0 aliphatic heterocycles. The van der Waals surface area contributed by atoms with E-state index in [0.717, 1.165) is 9.87 Å². The average molecular weight is 413 g/mol. The second-order valence-corrected chi connectivity index (χ2v) is 8.07. The van der Waals surface area contributed by atoms with Crippen LogP contribution < -0.4 is 14.8 Å². The molecule has 0 saturated carbocycles. The summed E-state index contributed by atoms with van der Waals surface area (Å²) in [5.41, 5.74) is 0.743. The number of amides is 1. The van der Waals surface area contributed by atoms with Gasteiger partial charge in [-0.1, -0.05) is 29.8 Å². The van der Waals surface area contributed by atoms with Crippen LogP contribution in [0.2, 0.25) is 5.02 Å². The maximum Gasteiger partial charge on any atom is 0.247 e. The summed E-state index contributed by atoms with van der Waals surface area (Å²) in [7, 11) is 0.170. The van der Waals surface area contributed by atoms with Crippen LogP contribution in [-0.2, 0) is 21.4 Å². The highest BCUT2D eigenvalue weighted by molar-refractivity contribution is 7.89. The van der Waals surface area contributed by atoms with Crippen LogP contribution in [0.4, 0.5) is 0 Å². The van der Waals surface area contributed by atoms with Gasteiger partial charge in [-0.3, -0.25) is 4.79 Å². The third-order valence-electron chi connectivity index (χ3n) is 3.86. The summed E-state index contributed by atoms with van der Waals surface area (Å²) in [6.45, 7) is -0.151. The zero-order chi connectivity index (χ0) is 20.0. The van der Waals surface area contributed by atoms with Gasteiger partial charge >= 0.3 is 0 Å². The van der Waals surface area contributed by atoms with Crippen molar-refractivity contribution in [3.05, 3.63) is 53.1 Å². The highest BCUT2D eigenvalue weighted by Crippen LogP contribution is 2.30. The van der Waals surface area contributed by atoms with Crippen molar-refractivity contribution in [2.45, 2.75) is 11.4 Å². The fraction of sp³-hybridized carbons (Fsp3) is 0.278. The van der Waals surface area contributed by atoms with Crippen molar-refractivity contribution in [2.75, 3.05) is 27.8 Å². The molecule has 1 N–H and O–H groups in total. The molecule has 0 atom stereocenters. The number of likely N-dealkylation sites (N-methyl/N-ethyl adjacent to an activating group) is 1. The second-order valence-electron chi connectivity index (χ2n) is 5.65. The number of sulfonamides is 1. The topological polar surface area (TPSA) is 84.9 Å². The third-order valence-corrected chi connectivity index (χ3v) is 6.05. The largest absolute Gasteiger partial charge is 0.497 e. The predicted molar refractivity (Wildman–Crippen MR) is 103 cm³/mol. The number of carbonyl (C=O) groups is 1. The first-order chi connectivity index (χ1) is 12.8. The van der Waals surface area contributed by atoms with Gasteiger partial charge in [-0.05, 0) is 23.8 Å². The lowest BCUT2D eigenvalue weighted by molar-refractivity contribution is -0.121. The summed E-state index contributed by atoms with van der Waals surface area (Å²) in [5.74, 6) is 0.0768. The molecule has 0 radical (unpaired) electrons. The minimum absolute atomic E-state index is 0.0780. The van der Waals surface area contributed by atoms with Gasteiger partial charge in [0, 0.05) is 24.7 Å². The van der Waals surface area contributed by atoms with Crippen molar-refractivity contribution in [2.24, 2.45) is 0 Å². The summed E-state index contributed by atoms with van der Waals surface area (Å²) in [5, 5.41) is 3.19. The Bertz CT molecular complexity index is 918. The lowest BCUT2D eigenvalue weighted by atomic mass is 10.2. The second kappa shape index (κ2) is 9.07. The van der Waals surface area contributed by atoms with E-state index < -0.39 is 15.9 Å². The molecule has 2 aromatic carbocycles. The average Bonchev–Trinajstić information content (AvgIpc) is 2.66. The van der Waals surface area contributed by atoms with E-state index in [0.29, 0.717) is 10.8 Å². The van der Waals surface area contributed by atoms with E-state index in [1.54, 1.807) is 30.3 Å². The molecule has 0 unspecified atom stereocenters. The van der Waals surface area contributed by atoms with Gasteiger partial charge in [0.1, 0.15) is 16.4 Å². The van der Waals surface area contributed by atoms with E-state index in [-0.39, 0.29) is 23.7 Å². The molecule has 1 amide bonds. The van der Waals surface area contributed by atoms with E-state index in [1.165, 1.54) is 33.4 Å². The smallest absolute Gasteiger partial charge is 0.247 e. The lowest BCUT2D eigenvalue weighted by Crippen LogP contribution is -2.38. The number of hydrogen-bond donors (Lipinski definition) is 1. The molecule has 9 heteroatoms. The van der Waals surface area contributed by atoms with Crippen LogP contribution in [0.15, 0.2) is 47.4 Å². The molecule has 0 aliphatic carbocycles. The van der Waals surface area contributed by atoms with Crippen molar-refractivity contribution < 1.29 is 22.7 Å².